The molecule has 0 radical (unpaired) electrons. The van der Waals surface area contributed by atoms with E-state index in [-0.39, 0.29) is 5.75 Å². The van der Waals surface area contributed by atoms with Crippen LogP contribution >= 0.6 is 0 Å². The van der Waals surface area contributed by atoms with Crippen molar-refractivity contribution in [3.05, 3.63) is 0 Å². The van der Waals surface area contributed by atoms with Crippen LogP contribution in [0.25, 0.3) is 0 Å². The number of piperidine rings is 1. The Labute approximate surface area is 108 Å². The molecule has 1 spiro atoms. The zero-order valence-electron chi connectivity index (χ0n) is 10.8. The Balaban J connectivity index is 1.84. The normalized spacial score (nSPS) is 24.7. The standard InChI is InChI=1S/C11H21NO5S/c1-15-7-2-10-18(13,14)12-5-3-11(4-6-12)16-8-9-17-11/h2-10H2,1H3. The van der Waals surface area contributed by atoms with Crippen LogP contribution in [-0.4, -0.2) is 64.3 Å². The van der Waals surface area contributed by atoms with Crippen molar-refractivity contribution in [1.82, 2.24) is 4.31 Å². The van der Waals surface area contributed by atoms with E-state index < -0.39 is 15.8 Å². The lowest BCUT2D eigenvalue weighted by Crippen LogP contribution is -2.47. The quantitative estimate of drug-likeness (QED) is 0.672. The first-order valence-corrected chi connectivity index (χ1v) is 7.94. The van der Waals surface area contributed by atoms with E-state index in [2.05, 4.69) is 0 Å². The summed E-state index contributed by atoms with van der Waals surface area (Å²) in [5.74, 6) is -0.367. The maximum Gasteiger partial charge on any atom is 0.214 e. The molecule has 2 rings (SSSR count). The first-order valence-electron chi connectivity index (χ1n) is 6.33. The molecule has 2 saturated heterocycles. The van der Waals surface area contributed by atoms with Crippen molar-refractivity contribution in [2.75, 3.05) is 45.8 Å². The largest absolute Gasteiger partial charge is 0.385 e. The third-order valence-corrected chi connectivity index (χ3v) is 5.40. The van der Waals surface area contributed by atoms with Gasteiger partial charge in [0.2, 0.25) is 10.0 Å². The number of methoxy groups -OCH3 is 1. The minimum absolute atomic E-state index is 0.148. The van der Waals surface area contributed by atoms with Gasteiger partial charge in [0, 0.05) is 39.6 Å². The smallest absolute Gasteiger partial charge is 0.214 e. The number of ether oxygens (including phenoxy) is 3. The average molecular weight is 279 g/mol. The van der Waals surface area contributed by atoms with Crippen LogP contribution in [0.1, 0.15) is 19.3 Å². The van der Waals surface area contributed by atoms with E-state index in [0.29, 0.717) is 52.2 Å². The zero-order valence-corrected chi connectivity index (χ0v) is 11.6. The van der Waals surface area contributed by atoms with E-state index >= 15 is 0 Å². The second-order valence-electron chi connectivity index (χ2n) is 4.67. The zero-order chi connectivity index (χ0) is 13.1. The van der Waals surface area contributed by atoms with Crippen LogP contribution in [0.2, 0.25) is 0 Å². The molecule has 0 aromatic heterocycles. The fraction of sp³-hybridized carbons (Fsp3) is 1.00. The molecule has 18 heavy (non-hydrogen) atoms. The third-order valence-electron chi connectivity index (χ3n) is 3.44. The molecule has 0 aromatic rings. The van der Waals surface area contributed by atoms with Gasteiger partial charge in [-0.05, 0) is 6.42 Å². The molecule has 0 saturated carbocycles. The van der Waals surface area contributed by atoms with E-state index in [9.17, 15) is 8.42 Å². The number of hydrogen-bond acceptors (Lipinski definition) is 5. The summed E-state index contributed by atoms with van der Waals surface area (Å²) in [7, 11) is -1.58. The summed E-state index contributed by atoms with van der Waals surface area (Å²) < 4.78 is 41.7. The van der Waals surface area contributed by atoms with Crippen molar-refractivity contribution in [3.8, 4) is 0 Å². The number of rotatable bonds is 5. The van der Waals surface area contributed by atoms with Gasteiger partial charge in [-0.1, -0.05) is 0 Å². The summed E-state index contributed by atoms with van der Waals surface area (Å²) in [6.07, 6.45) is 1.78. The molecule has 0 bridgehead atoms. The molecular formula is C11H21NO5S. The van der Waals surface area contributed by atoms with Gasteiger partial charge >= 0.3 is 0 Å². The molecule has 0 unspecified atom stereocenters. The molecule has 0 N–H and O–H groups in total. The highest BCUT2D eigenvalue weighted by Gasteiger charge is 2.42. The van der Waals surface area contributed by atoms with E-state index in [0.717, 1.165) is 0 Å². The van der Waals surface area contributed by atoms with Crippen LogP contribution in [0.4, 0.5) is 0 Å². The molecular weight excluding hydrogens is 258 g/mol. The first kappa shape index (κ1) is 14.2. The Morgan fingerprint density at radius 3 is 2.39 bits per heavy atom. The second kappa shape index (κ2) is 5.83. The van der Waals surface area contributed by atoms with Crippen molar-refractivity contribution < 1.29 is 22.6 Å². The molecule has 0 aromatic carbocycles. The topological polar surface area (TPSA) is 65.1 Å². The van der Waals surface area contributed by atoms with Crippen LogP contribution in [0, 0.1) is 0 Å². The average Bonchev–Trinajstić information content (AvgIpc) is 2.78. The number of nitrogens with zero attached hydrogens (tertiary/aromatic N) is 1. The van der Waals surface area contributed by atoms with Gasteiger partial charge in [0.1, 0.15) is 0 Å². The van der Waals surface area contributed by atoms with Crippen molar-refractivity contribution in [3.63, 3.8) is 0 Å². The molecule has 2 aliphatic rings. The summed E-state index contributed by atoms with van der Waals surface area (Å²) in [6.45, 7) is 2.66. The van der Waals surface area contributed by atoms with Crippen LogP contribution in [0.15, 0.2) is 0 Å². The van der Waals surface area contributed by atoms with E-state index in [4.69, 9.17) is 14.2 Å². The molecule has 2 heterocycles. The summed E-state index contributed by atoms with van der Waals surface area (Å²) in [5, 5.41) is 0. The summed E-state index contributed by atoms with van der Waals surface area (Å²) in [6, 6.07) is 0. The van der Waals surface area contributed by atoms with Crippen molar-refractivity contribution >= 4 is 10.0 Å². The Morgan fingerprint density at radius 1 is 1.22 bits per heavy atom. The van der Waals surface area contributed by atoms with Gasteiger partial charge in [-0.25, -0.2) is 12.7 Å². The van der Waals surface area contributed by atoms with Crippen LogP contribution in [-0.2, 0) is 24.2 Å². The minimum atomic E-state index is -3.16. The van der Waals surface area contributed by atoms with E-state index in [1.165, 1.54) is 0 Å². The molecule has 7 heteroatoms. The molecule has 6 nitrogen and oxygen atoms in total. The fourth-order valence-corrected chi connectivity index (χ4v) is 3.89. The first-order chi connectivity index (χ1) is 8.58. The number of sulfonamides is 1. The highest BCUT2D eigenvalue weighted by atomic mass is 32.2. The van der Waals surface area contributed by atoms with Gasteiger partial charge < -0.3 is 14.2 Å². The maximum atomic E-state index is 12.1. The molecule has 0 aliphatic carbocycles. The van der Waals surface area contributed by atoms with Gasteiger partial charge in [0.15, 0.2) is 5.79 Å². The van der Waals surface area contributed by atoms with E-state index in [1.54, 1.807) is 11.4 Å². The Kier molecular flexibility index (Phi) is 4.60. The monoisotopic (exact) mass is 279 g/mol. The minimum Gasteiger partial charge on any atom is -0.385 e. The maximum absolute atomic E-state index is 12.1. The Bertz CT molecular complexity index is 354. The lowest BCUT2D eigenvalue weighted by Gasteiger charge is -2.36. The fourth-order valence-electron chi connectivity index (χ4n) is 2.41. The second-order valence-corrected chi connectivity index (χ2v) is 6.76. The van der Waals surface area contributed by atoms with Gasteiger partial charge in [0.05, 0.1) is 19.0 Å². The van der Waals surface area contributed by atoms with Crippen molar-refractivity contribution in [2.24, 2.45) is 0 Å². The van der Waals surface area contributed by atoms with Crippen LogP contribution in [0.5, 0.6) is 0 Å². The summed E-state index contributed by atoms with van der Waals surface area (Å²) >= 11 is 0. The molecule has 106 valence electrons. The molecule has 2 aliphatic heterocycles. The molecule has 2 fully saturated rings. The lowest BCUT2D eigenvalue weighted by molar-refractivity contribution is -0.179. The molecule has 0 atom stereocenters. The number of hydrogen-bond donors (Lipinski definition) is 0. The van der Waals surface area contributed by atoms with Gasteiger partial charge in [-0.2, -0.15) is 0 Å². The Hall–Kier alpha value is -0.210. The molecule has 0 amide bonds. The lowest BCUT2D eigenvalue weighted by atomic mass is 10.1. The van der Waals surface area contributed by atoms with Gasteiger partial charge in [0.25, 0.3) is 0 Å². The predicted octanol–water partition coefficient (Wildman–Crippen LogP) is 0.192. The highest BCUT2D eigenvalue weighted by molar-refractivity contribution is 7.89. The van der Waals surface area contributed by atoms with Gasteiger partial charge in [-0.3, -0.25) is 0 Å². The predicted molar refractivity (Wildman–Crippen MR) is 65.7 cm³/mol. The van der Waals surface area contributed by atoms with Crippen LogP contribution in [0.3, 0.4) is 0 Å². The van der Waals surface area contributed by atoms with Crippen molar-refractivity contribution in [2.45, 2.75) is 25.0 Å². The van der Waals surface area contributed by atoms with Crippen molar-refractivity contribution in [1.29, 1.82) is 0 Å². The van der Waals surface area contributed by atoms with E-state index in [1.807, 2.05) is 0 Å². The third kappa shape index (κ3) is 3.21. The summed E-state index contributed by atoms with van der Waals surface area (Å²) in [4.78, 5) is 0. The highest BCUT2D eigenvalue weighted by Crippen LogP contribution is 2.32. The van der Waals surface area contributed by atoms with Gasteiger partial charge in [-0.15, -0.1) is 0 Å². The Morgan fingerprint density at radius 2 is 1.83 bits per heavy atom. The summed E-state index contributed by atoms with van der Waals surface area (Å²) in [5.41, 5.74) is 0. The van der Waals surface area contributed by atoms with Crippen LogP contribution < -0.4 is 0 Å². The SMILES string of the molecule is COCCCS(=O)(=O)N1CCC2(CC1)OCCO2.